The Morgan fingerprint density at radius 2 is 2.06 bits per heavy atom. The Morgan fingerprint density at radius 1 is 1.33 bits per heavy atom. The zero-order chi connectivity index (χ0) is 13.4. The molecule has 0 fully saturated rings. The van der Waals surface area contributed by atoms with Gasteiger partial charge in [-0.3, -0.25) is 14.4 Å². The number of hydrogen-bond acceptors (Lipinski definition) is 4. The maximum atomic E-state index is 11.2. The molecule has 0 aliphatic rings. The number of hydroxylamine groups is 1. The van der Waals surface area contributed by atoms with Crippen molar-refractivity contribution in [3.63, 3.8) is 0 Å². The van der Waals surface area contributed by atoms with Crippen molar-refractivity contribution >= 4 is 11.8 Å². The van der Waals surface area contributed by atoms with Gasteiger partial charge in [0.1, 0.15) is 5.75 Å². The smallest absolute Gasteiger partial charge is 0.246 e. The average Bonchev–Trinajstić information content (AvgIpc) is 2.31. The van der Waals surface area contributed by atoms with Crippen LogP contribution in [0.3, 0.4) is 0 Å². The van der Waals surface area contributed by atoms with E-state index in [9.17, 15) is 9.59 Å². The number of nitrogens with one attached hydrogen (secondary N) is 1. The first kappa shape index (κ1) is 14.0. The highest BCUT2D eigenvalue weighted by molar-refractivity contribution is 5.76. The van der Waals surface area contributed by atoms with Crippen molar-refractivity contribution in [1.82, 2.24) is 5.48 Å². The molecule has 0 aliphatic carbocycles. The van der Waals surface area contributed by atoms with E-state index in [0.29, 0.717) is 0 Å². The molecule has 1 rings (SSSR count). The number of aryl methyl sites for hydroxylation is 1. The van der Waals surface area contributed by atoms with E-state index in [2.05, 4.69) is 10.3 Å². The van der Waals surface area contributed by atoms with Gasteiger partial charge in [-0.2, -0.15) is 0 Å². The van der Waals surface area contributed by atoms with Gasteiger partial charge in [0, 0.05) is 0 Å². The van der Waals surface area contributed by atoms with Crippen LogP contribution in [0, 0.1) is 6.92 Å². The summed E-state index contributed by atoms with van der Waals surface area (Å²) in [6, 6.07) is 7.52. The van der Waals surface area contributed by atoms with Crippen molar-refractivity contribution in [2.45, 2.75) is 13.3 Å². The maximum absolute atomic E-state index is 11.2. The fourth-order valence-corrected chi connectivity index (χ4v) is 1.21. The van der Waals surface area contributed by atoms with Gasteiger partial charge in [-0.1, -0.05) is 18.2 Å². The Labute approximate surface area is 105 Å². The molecule has 0 saturated carbocycles. The molecule has 0 saturated heterocycles. The van der Waals surface area contributed by atoms with Crippen LogP contribution < -0.4 is 16.0 Å². The number of carbonyl (C=O) groups excluding carboxylic acids is 2. The zero-order valence-corrected chi connectivity index (χ0v) is 10.1. The fraction of sp³-hybridized carbons (Fsp3) is 0.333. The van der Waals surface area contributed by atoms with E-state index >= 15 is 0 Å². The minimum absolute atomic E-state index is 0.132. The lowest BCUT2D eigenvalue weighted by molar-refractivity contribution is -0.138. The third kappa shape index (κ3) is 5.31. The molecule has 0 aromatic heterocycles. The number of benzene rings is 1. The van der Waals surface area contributed by atoms with Crippen molar-refractivity contribution in [1.29, 1.82) is 0 Å². The highest BCUT2D eigenvalue weighted by atomic mass is 16.7. The molecule has 18 heavy (non-hydrogen) atoms. The Hall–Kier alpha value is -2.08. The van der Waals surface area contributed by atoms with Gasteiger partial charge in [0.05, 0.1) is 13.0 Å². The van der Waals surface area contributed by atoms with Crippen LogP contribution in [-0.2, 0) is 14.4 Å². The second-order valence-electron chi connectivity index (χ2n) is 3.64. The molecule has 6 heteroatoms. The van der Waals surface area contributed by atoms with Crippen LogP contribution in [0.2, 0.25) is 0 Å². The van der Waals surface area contributed by atoms with Crippen molar-refractivity contribution < 1.29 is 19.2 Å². The minimum atomic E-state index is -0.647. The van der Waals surface area contributed by atoms with Crippen molar-refractivity contribution in [2.75, 3.05) is 13.2 Å². The lowest BCUT2D eigenvalue weighted by Crippen LogP contribution is -2.30. The molecule has 1 aromatic carbocycles. The molecule has 0 bridgehead atoms. The molecule has 0 aliphatic heterocycles. The summed E-state index contributed by atoms with van der Waals surface area (Å²) in [4.78, 5) is 26.1. The first-order valence-corrected chi connectivity index (χ1v) is 5.47. The Balaban J connectivity index is 2.20. The van der Waals surface area contributed by atoms with Crippen LogP contribution in [0.25, 0.3) is 0 Å². The molecule has 0 atom stereocenters. The SMILES string of the molecule is Cc1ccccc1OCCC(=O)NOCC(N)=O. The summed E-state index contributed by atoms with van der Waals surface area (Å²) in [5.41, 5.74) is 7.93. The summed E-state index contributed by atoms with van der Waals surface area (Å²) in [6.45, 7) is 1.81. The van der Waals surface area contributed by atoms with Gasteiger partial charge >= 0.3 is 0 Å². The number of hydrogen-bond donors (Lipinski definition) is 2. The standard InChI is InChI=1S/C12H16N2O4/c1-9-4-2-3-5-10(9)17-7-6-12(16)14-18-8-11(13)15/h2-5H,6-8H2,1H3,(H2,13,15)(H,14,16). The number of rotatable bonds is 7. The molecular weight excluding hydrogens is 236 g/mol. The largest absolute Gasteiger partial charge is 0.493 e. The van der Waals surface area contributed by atoms with E-state index in [1.165, 1.54) is 0 Å². The van der Waals surface area contributed by atoms with E-state index in [0.717, 1.165) is 11.3 Å². The fourth-order valence-electron chi connectivity index (χ4n) is 1.21. The summed E-state index contributed by atoms with van der Waals surface area (Å²) < 4.78 is 5.43. The van der Waals surface area contributed by atoms with E-state index < -0.39 is 5.91 Å². The number of nitrogens with two attached hydrogens (primary N) is 1. The van der Waals surface area contributed by atoms with Crippen LogP contribution in [0.4, 0.5) is 0 Å². The normalized spacial score (nSPS) is 9.83. The molecule has 0 unspecified atom stereocenters. The van der Waals surface area contributed by atoms with Crippen LogP contribution in [0.15, 0.2) is 24.3 Å². The monoisotopic (exact) mass is 252 g/mol. The Bertz CT molecular complexity index is 420. The molecular formula is C12H16N2O4. The number of amides is 2. The number of ether oxygens (including phenoxy) is 1. The number of para-hydroxylation sites is 1. The highest BCUT2D eigenvalue weighted by Gasteiger charge is 2.04. The van der Waals surface area contributed by atoms with Crippen molar-refractivity contribution in [3.8, 4) is 5.75 Å². The topological polar surface area (TPSA) is 90.7 Å². The molecule has 6 nitrogen and oxygen atoms in total. The van der Waals surface area contributed by atoms with Gasteiger partial charge in [-0.25, -0.2) is 5.48 Å². The Morgan fingerprint density at radius 3 is 2.72 bits per heavy atom. The van der Waals surface area contributed by atoms with E-state index in [4.69, 9.17) is 10.5 Å². The summed E-state index contributed by atoms with van der Waals surface area (Å²) in [6.07, 6.45) is 0.132. The van der Waals surface area contributed by atoms with E-state index in [-0.39, 0.29) is 25.5 Å². The molecule has 0 heterocycles. The number of carbonyl (C=O) groups is 2. The average molecular weight is 252 g/mol. The summed E-state index contributed by atoms with van der Waals surface area (Å²) in [5, 5.41) is 0. The van der Waals surface area contributed by atoms with Crippen molar-refractivity contribution in [3.05, 3.63) is 29.8 Å². The second kappa shape index (κ2) is 7.29. The quantitative estimate of drug-likeness (QED) is 0.683. The van der Waals surface area contributed by atoms with Gasteiger partial charge in [-0.15, -0.1) is 0 Å². The van der Waals surface area contributed by atoms with Crippen LogP contribution in [0.5, 0.6) is 5.75 Å². The van der Waals surface area contributed by atoms with Gasteiger partial charge in [0.25, 0.3) is 0 Å². The molecule has 0 radical (unpaired) electrons. The third-order valence-electron chi connectivity index (χ3n) is 2.08. The van der Waals surface area contributed by atoms with E-state index in [1.54, 1.807) is 0 Å². The zero-order valence-electron chi connectivity index (χ0n) is 10.1. The predicted molar refractivity (Wildman–Crippen MR) is 64.6 cm³/mol. The summed E-state index contributed by atoms with van der Waals surface area (Å²) >= 11 is 0. The molecule has 3 N–H and O–H groups in total. The predicted octanol–water partition coefficient (Wildman–Crippen LogP) is 0.297. The van der Waals surface area contributed by atoms with Crippen LogP contribution in [0.1, 0.15) is 12.0 Å². The van der Waals surface area contributed by atoms with Crippen LogP contribution >= 0.6 is 0 Å². The van der Waals surface area contributed by atoms with Gasteiger partial charge < -0.3 is 10.5 Å². The third-order valence-corrected chi connectivity index (χ3v) is 2.08. The molecule has 98 valence electrons. The molecule has 1 aromatic rings. The number of primary amides is 1. The lowest BCUT2D eigenvalue weighted by atomic mass is 10.2. The summed E-state index contributed by atoms with van der Waals surface area (Å²) in [5.74, 6) is -0.278. The molecule has 2 amide bonds. The Kier molecular flexibility index (Phi) is 5.66. The second-order valence-corrected chi connectivity index (χ2v) is 3.64. The van der Waals surface area contributed by atoms with Gasteiger partial charge in [0.15, 0.2) is 6.61 Å². The lowest BCUT2D eigenvalue weighted by Gasteiger charge is -2.08. The molecule has 0 spiro atoms. The van der Waals surface area contributed by atoms with Crippen molar-refractivity contribution in [2.24, 2.45) is 5.73 Å². The van der Waals surface area contributed by atoms with Crippen LogP contribution in [-0.4, -0.2) is 25.0 Å². The van der Waals surface area contributed by atoms with Gasteiger partial charge in [0.2, 0.25) is 11.8 Å². The maximum Gasteiger partial charge on any atom is 0.246 e. The van der Waals surface area contributed by atoms with E-state index in [1.807, 2.05) is 31.2 Å². The highest BCUT2D eigenvalue weighted by Crippen LogP contribution is 2.15. The minimum Gasteiger partial charge on any atom is -0.493 e. The summed E-state index contributed by atoms with van der Waals surface area (Å²) in [7, 11) is 0. The van der Waals surface area contributed by atoms with Gasteiger partial charge in [-0.05, 0) is 18.6 Å². The first-order valence-electron chi connectivity index (χ1n) is 5.47. The first-order chi connectivity index (χ1) is 8.59.